The molecule has 1 aromatic rings. The average molecular weight is 198 g/mol. The lowest BCUT2D eigenvalue weighted by Gasteiger charge is -2.17. The van der Waals surface area contributed by atoms with Crippen molar-refractivity contribution in [1.82, 2.24) is 0 Å². The van der Waals surface area contributed by atoms with Crippen LogP contribution in [0.3, 0.4) is 0 Å². The van der Waals surface area contributed by atoms with E-state index in [1.54, 1.807) is 20.8 Å². The van der Waals surface area contributed by atoms with E-state index in [0.717, 1.165) is 12.1 Å². The standard InChI is InChI=1S/C11H12F2O/c1-11(2,3)10(14)9-7(12)5-4-6-8(9)13/h4-6H,1-3H3. The van der Waals surface area contributed by atoms with Crippen molar-refractivity contribution in [2.24, 2.45) is 5.41 Å². The van der Waals surface area contributed by atoms with Gasteiger partial charge in [-0.2, -0.15) is 0 Å². The van der Waals surface area contributed by atoms with Gasteiger partial charge >= 0.3 is 0 Å². The summed E-state index contributed by atoms with van der Waals surface area (Å²) in [6.07, 6.45) is 0. The van der Waals surface area contributed by atoms with E-state index in [1.807, 2.05) is 0 Å². The van der Waals surface area contributed by atoms with Gasteiger partial charge in [-0.05, 0) is 12.1 Å². The fourth-order valence-corrected chi connectivity index (χ4v) is 1.09. The van der Waals surface area contributed by atoms with Crippen molar-refractivity contribution in [3.05, 3.63) is 35.4 Å². The molecule has 0 N–H and O–H groups in total. The van der Waals surface area contributed by atoms with Crippen molar-refractivity contribution in [1.29, 1.82) is 0 Å². The summed E-state index contributed by atoms with van der Waals surface area (Å²) in [6.45, 7) is 4.88. The average Bonchev–Trinajstić information content (AvgIpc) is 2.01. The monoisotopic (exact) mass is 198 g/mol. The Morgan fingerprint density at radius 2 is 1.57 bits per heavy atom. The van der Waals surface area contributed by atoms with Crippen LogP contribution in [0, 0.1) is 17.0 Å². The Hall–Kier alpha value is -1.25. The molecule has 1 rings (SSSR count). The highest BCUT2D eigenvalue weighted by atomic mass is 19.1. The molecule has 0 fully saturated rings. The molecule has 76 valence electrons. The third-order valence-electron chi connectivity index (χ3n) is 1.87. The fourth-order valence-electron chi connectivity index (χ4n) is 1.09. The van der Waals surface area contributed by atoms with Gasteiger partial charge in [0.2, 0.25) is 0 Å². The molecular formula is C11H12F2O. The number of carbonyl (C=O) groups excluding carboxylic acids is 1. The van der Waals surface area contributed by atoms with Crippen LogP contribution in [-0.4, -0.2) is 5.78 Å². The number of benzene rings is 1. The number of carbonyl (C=O) groups is 1. The quantitative estimate of drug-likeness (QED) is 0.633. The number of ketones is 1. The molecule has 14 heavy (non-hydrogen) atoms. The van der Waals surface area contributed by atoms with Crippen LogP contribution in [0.15, 0.2) is 18.2 Å². The van der Waals surface area contributed by atoms with Crippen LogP contribution >= 0.6 is 0 Å². The molecule has 0 atom stereocenters. The van der Waals surface area contributed by atoms with Gasteiger partial charge in [-0.1, -0.05) is 26.8 Å². The Morgan fingerprint density at radius 3 is 1.93 bits per heavy atom. The first kappa shape index (κ1) is 10.8. The van der Waals surface area contributed by atoms with Gasteiger partial charge in [-0.25, -0.2) is 8.78 Å². The predicted molar refractivity (Wildman–Crippen MR) is 50.1 cm³/mol. The van der Waals surface area contributed by atoms with Gasteiger partial charge < -0.3 is 0 Å². The minimum Gasteiger partial charge on any atom is -0.293 e. The molecule has 0 saturated heterocycles. The molecule has 0 saturated carbocycles. The smallest absolute Gasteiger partial charge is 0.174 e. The van der Waals surface area contributed by atoms with Crippen molar-refractivity contribution in [3.63, 3.8) is 0 Å². The van der Waals surface area contributed by atoms with Crippen LogP contribution in [0.1, 0.15) is 31.1 Å². The van der Waals surface area contributed by atoms with Crippen molar-refractivity contribution >= 4 is 5.78 Å². The van der Waals surface area contributed by atoms with Crippen LogP contribution in [0.4, 0.5) is 8.78 Å². The summed E-state index contributed by atoms with van der Waals surface area (Å²) in [4.78, 5) is 11.6. The van der Waals surface area contributed by atoms with Crippen LogP contribution < -0.4 is 0 Å². The van der Waals surface area contributed by atoms with Crippen molar-refractivity contribution in [2.45, 2.75) is 20.8 Å². The summed E-state index contributed by atoms with van der Waals surface area (Å²) < 4.78 is 26.3. The molecule has 0 bridgehead atoms. The first-order chi connectivity index (χ1) is 6.34. The second-order valence-corrected chi connectivity index (χ2v) is 4.18. The van der Waals surface area contributed by atoms with Gasteiger partial charge in [0.25, 0.3) is 0 Å². The number of hydrogen-bond donors (Lipinski definition) is 0. The topological polar surface area (TPSA) is 17.1 Å². The van der Waals surface area contributed by atoms with E-state index in [4.69, 9.17) is 0 Å². The summed E-state index contributed by atoms with van der Waals surface area (Å²) >= 11 is 0. The van der Waals surface area contributed by atoms with Crippen LogP contribution in [0.5, 0.6) is 0 Å². The number of halogens is 2. The Kier molecular flexibility index (Phi) is 2.69. The minimum absolute atomic E-state index is 0.444. The van der Waals surface area contributed by atoms with Crippen LogP contribution in [0.25, 0.3) is 0 Å². The third kappa shape index (κ3) is 1.97. The second-order valence-electron chi connectivity index (χ2n) is 4.18. The van der Waals surface area contributed by atoms with Crippen molar-refractivity contribution < 1.29 is 13.6 Å². The SMILES string of the molecule is CC(C)(C)C(=O)c1c(F)cccc1F. The number of rotatable bonds is 1. The highest BCUT2D eigenvalue weighted by Gasteiger charge is 2.27. The van der Waals surface area contributed by atoms with E-state index in [0.29, 0.717) is 0 Å². The first-order valence-corrected chi connectivity index (χ1v) is 4.33. The van der Waals surface area contributed by atoms with Gasteiger partial charge in [-0.3, -0.25) is 4.79 Å². The van der Waals surface area contributed by atoms with Crippen LogP contribution in [-0.2, 0) is 0 Å². The fraction of sp³-hybridized carbons (Fsp3) is 0.364. The minimum atomic E-state index is -0.801. The summed E-state index contributed by atoms with van der Waals surface area (Å²) in [5.74, 6) is -2.12. The normalized spacial score (nSPS) is 11.5. The molecule has 0 aromatic heterocycles. The maximum absolute atomic E-state index is 13.2. The zero-order valence-corrected chi connectivity index (χ0v) is 8.40. The first-order valence-electron chi connectivity index (χ1n) is 4.33. The molecule has 0 radical (unpaired) electrons. The van der Waals surface area contributed by atoms with Gasteiger partial charge in [0.05, 0.1) is 5.56 Å². The van der Waals surface area contributed by atoms with Gasteiger partial charge in [0.15, 0.2) is 5.78 Å². The molecule has 1 aromatic carbocycles. The summed E-state index contributed by atoms with van der Waals surface area (Å²) in [5.41, 5.74) is -1.22. The molecule has 0 aliphatic heterocycles. The molecule has 0 unspecified atom stereocenters. The van der Waals surface area contributed by atoms with E-state index >= 15 is 0 Å². The Balaban J connectivity index is 3.26. The second kappa shape index (κ2) is 3.48. The van der Waals surface area contributed by atoms with Crippen LogP contribution in [0.2, 0.25) is 0 Å². The van der Waals surface area contributed by atoms with E-state index in [-0.39, 0.29) is 0 Å². The van der Waals surface area contributed by atoms with E-state index in [9.17, 15) is 13.6 Å². The predicted octanol–water partition coefficient (Wildman–Crippen LogP) is 3.19. The molecule has 0 aliphatic carbocycles. The van der Waals surface area contributed by atoms with Gasteiger partial charge in [0.1, 0.15) is 11.6 Å². The lowest BCUT2D eigenvalue weighted by molar-refractivity contribution is 0.0849. The van der Waals surface area contributed by atoms with E-state index in [1.165, 1.54) is 6.07 Å². The molecule has 0 heterocycles. The summed E-state index contributed by atoms with van der Waals surface area (Å²) in [6, 6.07) is 3.41. The maximum atomic E-state index is 13.2. The van der Waals surface area contributed by atoms with E-state index < -0.39 is 28.4 Å². The summed E-state index contributed by atoms with van der Waals surface area (Å²) in [7, 11) is 0. The van der Waals surface area contributed by atoms with E-state index in [2.05, 4.69) is 0 Å². The highest BCUT2D eigenvalue weighted by molar-refractivity contribution is 6.00. The molecule has 0 spiro atoms. The Labute approximate surface area is 81.7 Å². The molecular weight excluding hydrogens is 186 g/mol. The third-order valence-corrected chi connectivity index (χ3v) is 1.87. The molecule has 1 nitrogen and oxygen atoms in total. The zero-order chi connectivity index (χ0) is 10.9. The lowest BCUT2D eigenvalue weighted by atomic mass is 9.86. The highest BCUT2D eigenvalue weighted by Crippen LogP contribution is 2.24. The number of Topliss-reactive ketones (excluding diaryl/α,β-unsaturated/α-hetero) is 1. The van der Waals surface area contributed by atoms with Crippen molar-refractivity contribution in [3.8, 4) is 0 Å². The molecule has 3 heteroatoms. The summed E-state index contributed by atoms with van der Waals surface area (Å²) in [5, 5.41) is 0. The zero-order valence-electron chi connectivity index (χ0n) is 8.40. The maximum Gasteiger partial charge on any atom is 0.174 e. The lowest BCUT2D eigenvalue weighted by Crippen LogP contribution is -2.22. The van der Waals surface area contributed by atoms with Gasteiger partial charge in [-0.15, -0.1) is 0 Å². The largest absolute Gasteiger partial charge is 0.293 e. The molecule has 0 amide bonds. The molecule has 0 aliphatic rings. The van der Waals surface area contributed by atoms with Gasteiger partial charge in [0, 0.05) is 5.41 Å². The Bertz CT molecular complexity index is 344. The number of hydrogen-bond acceptors (Lipinski definition) is 1. The van der Waals surface area contributed by atoms with Crippen molar-refractivity contribution in [2.75, 3.05) is 0 Å². The Morgan fingerprint density at radius 1 is 1.14 bits per heavy atom.